The van der Waals surface area contributed by atoms with E-state index in [0.29, 0.717) is 6.04 Å². The van der Waals surface area contributed by atoms with E-state index in [9.17, 15) is 0 Å². The van der Waals surface area contributed by atoms with Gasteiger partial charge in [0.15, 0.2) is 0 Å². The van der Waals surface area contributed by atoms with Crippen LogP contribution in [0.5, 0.6) is 5.75 Å². The third-order valence-electron chi connectivity index (χ3n) is 5.65. The number of methoxy groups -OCH3 is 1. The van der Waals surface area contributed by atoms with Crippen LogP contribution >= 0.6 is 11.9 Å². The molecule has 2 aliphatic rings. The van der Waals surface area contributed by atoms with Gasteiger partial charge in [-0.05, 0) is 70.1 Å². The van der Waals surface area contributed by atoms with Gasteiger partial charge < -0.3 is 14.0 Å². The molecule has 0 amide bonds. The van der Waals surface area contributed by atoms with Crippen LogP contribution in [0.25, 0.3) is 0 Å². The Hall–Kier alpha value is -0.685. The Balaban J connectivity index is 1.73. The number of rotatable bonds is 5. The number of hydrogen-bond acceptors (Lipinski definition) is 5. The van der Waals surface area contributed by atoms with Crippen molar-refractivity contribution in [3.63, 3.8) is 0 Å². The minimum absolute atomic E-state index is 0.328. The van der Waals surface area contributed by atoms with Crippen molar-refractivity contribution < 1.29 is 14.0 Å². The van der Waals surface area contributed by atoms with Gasteiger partial charge in [0.25, 0.3) is 0 Å². The van der Waals surface area contributed by atoms with Gasteiger partial charge in [-0.1, -0.05) is 25.3 Å². The molecule has 1 aromatic rings. The second-order valence-corrected chi connectivity index (χ2v) is 8.93. The second-order valence-electron chi connectivity index (χ2n) is 8.05. The zero-order chi connectivity index (χ0) is 18.1. The van der Waals surface area contributed by atoms with E-state index >= 15 is 0 Å². The van der Waals surface area contributed by atoms with Crippen molar-refractivity contribution in [1.82, 2.24) is 4.72 Å². The lowest BCUT2D eigenvalue weighted by Crippen LogP contribution is -2.41. The molecule has 25 heavy (non-hydrogen) atoms. The standard InChI is InChI=1S/C19H30BNO3S/c1-18(2)19(3,4)24-20(23-18)14-11-12-16(22-5)17(13-14)25-21-15-9-7-6-8-10-15/h11-13,15,21H,6-10H2,1-5H3. The zero-order valence-corrected chi connectivity index (χ0v) is 16.9. The quantitative estimate of drug-likeness (QED) is 0.634. The molecule has 1 aromatic carbocycles. The summed E-state index contributed by atoms with van der Waals surface area (Å²) in [6.07, 6.45) is 6.52. The van der Waals surface area contributed by atoms with Gasteiger partial charge in [0.2, 0.25) is 0 Å². The Morgan fingerprint density at radius 2 is 1.72 bits per heavy atom. The first-order valence-corrected chi connectivity index (χ1v) is 10.1. The van der Waals surface area contributed by atoms with Crippen LogP contribution in [-0.4, -0.2) is 31.5 Å². The molecule has 4 nitrogen and oxygen atoms in total. The molecule has 1 aliphatic carbocycles. The van der Waals surface area contributed by atoms with Gasteiger partial charge in [-0.3, -0.25) is 4.72 Å². The third-order valence-corrected chi connectivity index (χ3v) is 6.64. The SMILES string of the molecule is COc1ccc(B2OC(C)(C)C(C)(C)O2)cc1SNC1CCCCC1. The predicted octanol–water partition coefficient (Wildman–Crippen LogP) is 3.92. The van der Waals surface area contributed by atoms with E-state index in [1.807, 2.05) is 12.1 Å². The van der Waals surface area contributed by atoms with Crippen LogP contribution in [0.4, 0.5) is 0 Å². The zero-order valence-electron chi connectivity index (χ0n) is 16.1. The van der Waals surface area contributed by atoms with Crippen molar-refractivity contribution in [2.24, 2.45) is 0 Å². The predicted molar refractivity (Wildman–Crippen MR) is 105 cm³/mol. The monoisotopic (exact) mass is 363 g/mol. The smallest absolute Gasteiger partial charge is 0.494 e. The molecule has 3 rings (SSSR count). The topological polar surface area (TPSA) is 39.7 Å². The fourth-order valence-corrected chi connectivity index (χ4v) is 4.24. The summed E-state index contributed by atoms with van der Waals surface area (Å²) < 4.78 is 21.5. The number of ether oxygens (including phenoxy) is 1. The summed E-state index contributed by atoms with van der Waals surface area (Å²) in [4.78, 5) is 1.08. The molecule has 138 valence electrons. The molecule has 0 atom stereocenters. The van der Waals surface area contributed by atoms with E-state index in [1.165, 1.54) is 32.1 Å². The van der Waals surface area contributed by atoms with Crippen LogP contribution in [-0.2, 0) is 9.31 Å². The number of benzene rings is 1. The Kier molecular flexibility index (Phi) is 5.73. The number of hydrogen-bond donors (Lipinski definition) is 1. The van der Waals surface area contributed by atoms with Gasteiger partial charge in [0.1, 0.15) is 5.75 Å². The first-order chi connectivity index (χ1) is 11.8. The van der Waals surface area contributed by atoms with Crippen molar-refractivity contribution in [1.29, 1.82) is 0 Å². The highest BCUT2D eigenvalue weighted by molar-refractivity contribution is 7.97. The molecule has 1 saturated carbocycles. The summed E-state index contributed by atoms with van der Waals surface area (Å²) in [6, 6.07) is 6.75. The van der Waals surface area contributed by atoms with Crippen molar-refractivity contribution in [2.45, 2.75) is 81.9 Å². The highest BCUT2D eigenvalue weighted by Gasteiger charge is 2.51. The third kappa shape index (κ3) is 4.18. The second kappa shape index (κ2) is 7.51. The maximum absolute atomic E-state index is 6.18. The van der Waals surface area contributed by atoms with Crippen molar-refractivity contribution in [3.05, 3.63) is 18.2 Å². The van der Waals surface area contributed by atoms with Crippen molar-refractivity contribution in [2.75, 3.05) is 7.11 Å². The molecule has 6 heteroatoms. The van der Waals surface area contributed by atoms with E-state index in [4.69, 9.17) is 14.0 Å². The molecule has 1 heterocycles. The van der Waals surface area contributed by atoms with Gasteiger partial charge >= 0.3 is 7.12 Å². The summed E-state index contributed by atoms with van der Waals surface area (Å²) in [7, 11) is 1.37. The molecular formula is C19H30BNO3S. The van der Waals surface area contributed by atoms with Crippen molar-refractivity contribution in [3.8, 4) is 5.75 Å². The van der Waals surface area contributed by atoms with Gasteiger partial charge in [0, 0.05) is 6.04 Å². The summed E-state index contributed by atoms with van der Waals surface area (Å²) in [5.74, 6) is 0.883. The molecule has 0 unspecified atom stereocenters. The summed E-state index contributed by atoms with van der Waals surface area (Å²) >= 11 is 1.66. The maximum atomic E-state index is 6.18. The lowest BCUT2D eigenvalue weighted by molar-refractivity contribution is 0.00578. The van der Waals surface area contributed by atoms with E-state index in [2.05, 4.69) is 38.5 Å². The van der Waals surface area contributed by atoms with E-state index in [0.717, 1.165) is 16.1 Å². The molecule has 2 fully saturated rings. The minimum Gasteiger partial charge on any atom is -0.496 e. The summed E-state index contributed by atoms with van der Waals surface area (Å²) in [5.41, 5.74) is 0.378. The lowest BCUT2D eigenvalue weighted by Gasteiger charge is -2.32. The van der Waals surface area contributed by atoms with Crippen LogP contribution in [0.3, 0.4) is 0 Å². The Morgan fingerprint density at radius 3 is 2.32 bits per heavy atom. The van der Waals surface area contributed by atoms with E-state index in [-0.39, 0.29) is 18.3 Å². The highest BCUT2D eigenvalue weighted by atomic mass is 32.2. The Labute approximate surface area is 156 Å². The summed E-state index contributed by atoms with van der Waals surface area (Å²) in [5, 5.41) is 0. The van der Waals surface area contributed by atoms with Crippen LogP contribution < -0.4 is 14.9 Å². The first-order valence-electron chi connectivity index (χ1n) is 9.28. The van der Waals surface area contributed by atoms with Gasteiger partial charge in [-0.2, -0.15) is 0 Å². The molecule has 1 aliphatic heterocycles. The Morgan fingerprint density at radius 1 is 1.08 bits per heavy atom. The summed E-state index contributed by atoms with van der Waals surface area (Å²) in [6.45, 7) is 8.32. The molecule has 0 bridgehead atoms. The van der Waals surface area contributed by atoms with Crippen LogP contribution in [0.2, 0.25) is 0 Å². The average Bonchev–Trinajstić information content (AvgIpc) is 2.81. The van der Waals surface area contributed by atoms with E-state index < -0.39 is 0 Å². The molecule has 0 aromatic heterocycles. The highest BCUT2D eigenvalue weighted by Crippen LogP contribution is 2.37. The Bertz CT molecular complexity index is 586. The average molecular weight is 363 g/mol. The van der Waals surface area contributed by atoms with Crippen LogP contribution in [0.15, 0.2) is 23.1 Å². The largest absolute Gasteiger partial charge is 0.496 e. The fourth-order valence-electron chi connectivity index (χ4n) is 3.27. The van der Waals surface area contributed by atoms with Gasteiger partial charge in [0.05, 0.1) is 23.2 Å². The minimum atomic E-state index is -0.343. The van der Waals surface area contributed by atoms with Gasteiger partial charge in [-0.15, -0.1) is 0 Å². The molecule has 0 radical (unpaired) electrons. The van der Waals surface area contributed by atoms with Crippen LogP contribution in [0.1, 0.15) is 59.8 Å². The van der Waals surface area contributed by atoms with Crippen molar-refractivity contribution >= 4 is 24.5 Å². The van der Waals surface area contributed by atoms with E-state index in [1.54, 1.807) is 19.1 Å². The lowest BCUT2D eigenvalue weighted by atomic mass is 9.79. The fraction of sp³-hybridized carbons (Fsp3) is 0.684. The molecule has 1 saturated heterocycles. The molecule has 1 N–H and O–H groups in total. The molecule has 0 spiro atoms. The molecular weight excluding hydrogens is 333 g/mol. The normalized spacial score (nSPS) is 23.0. The van der Waals surface area contributed by atoms with Crippen LogP contribution in [0, 0.1) is 0 Å². The van der Waals surface area contributed by atoms with Gasteiger partial charge in [-0.25, -0.2) is 0 Å². The first kappa shape index (κ1) is 19.1. The maximum Gasteiger partial charge on any atom is 0.494 e. The number of nitrogens with one attached hydrogen (secondary N) is 1.